The van der Waals surface area contributed by atoms with E-state index in [1.807, 2.05) is 18.2 Å². The Labute approximate surface area is 215 Å². The van der Waals surface area contributed by atoms with Crippen molar-refractivity contribution >= 4 is 58.4 Å². The summed E-state index contributed by atoms with van der Waals surface area (Å²) >= 11 is 20.1. The van der Waals surface area contributed by atoms with Gasteiger partial charge >= 0.3 is 0 Å². The van der Waals surface area contributed by atoms with Crippen LogP contribution in [0.5, 0.6) is 0 Å². The number of carbonyl (C=O) groups excluding carboxylic acids is 2. The molecule has 0 spiro atoms. The lowest BCUT2D eigenvalue weighted by Gasteiger charge is -2.31. The highest BCUT2D eigenvalue weighted by atomic mass is 35.5. The normalized spacial score (nSPS) is 15.2. The summed E-state index contributed by atoms with van der Waals surface area (Å²) in [4.78, 5) is 27.9. The van der Waals surface area contributed by atoms with Crippen LogP contribution >= 0.6 is 46.6 Å². The Morgan fingerprint density at radius 3 is 2.39 bits per heavy atom. The fourth-order valence-electron chi connectivity index (χ4n) is 3.98. The number of benzene rings is 2. The molecule has 2 aromatic rings. The third-order valence-corrected chi connectivity index (χ3v) is 7.78. The van der Waals surface area contributed by atoms with Gasteiger partial charge in [-0.15, -0.1) is 11.8 Å². The molecule has 1 atom stereocenters. The van der Waals surface area contributed by atoms with Crippen molar-refractivity contribution in [2.24, 2.45) is 0 Å². The number of carbonyl (C=O) groups is 2. The zero-order chi connectivity index (χ0) is 23.8. The summed E-state index contributed by atoms with van der Waals surface area (Å²) in [6, 6.07) is 12.3. The molecule has 4 nitrogen and oxygen atoms in total. The van der Waals surface area contributed by atoms with E-state index >= 15 is 0 Å². The molecule has 0 bridgehead atoms. The van der Waals surface area contributed by atoms with E-state index in [-0.39, 0.29) is 23.6 Å². The molecule has 178 valence electrons. The van der Waals surface area contributed by atoms with E-state index in [9.17, 15) is 9.59 Å². The second kappa shape index (κ2) is 12.9. The molecular weight excluding hydrogens is 499 g/mol. The van der Waals surface area contributed by atoms with Gasteiger partial charge < -0.3 is 10.2 Å². The molecule has 3 rings (SSSR count). The van der Waals surface area contributed by atoms with Crippen LogP contribution in [0.15, 0.2) is 42.5 Å². The van der Waals surface area contributed by atoms with Crippen LogP contribution in [0.1, 0.15) is 50.2 Å². The first-order chi connectivity index (χ1) is 15.8. The average Bonchev–Trinajstić information content (AvgIpc) is 2.79. The molecule has 0 heterocycles. The molecule has 0 aromatic heterocycles. The molecule has 1 N–H and O–H groups in total. The molecule has 33 heavy (non-hydrogen) atoms. The lowest BCUT2D eigenvalue weighted by atomic mass is 9.95. The molecule has 1 aliphatic carbocycles. The molecule has 8 heteroatoms. The molecule has 0 radical (unpaired) electrons. The quantitative estimate of drug-likeness (QED) is 0.392. The number of rotatable bonds is 9. The maximum Gasteiger partial charge on any atom is 0.242 e. The van der Waals surface area contributed by atoms with Crippen molar-refractivity contribution in [3.05, 3.63) is 68.7 Å². The summed E-state index contributed by atoms with van der Waals surface area (Å²) in [5.41, 5.74) is 1.69. The minimum Gasteiger partial charge on any atom is -0.352 e. The van der Waals surface area contributed by atoms with Crippen molar-refractivity contribution in [2.75, 3.05) is 5.75 Å². The Balaban J connectivity index is 1.68. The second-order valence-corrected chi connectivity index (χ2v) is 10.6. The predicted molar refractivity (Wildman–Crippen MR) is 139 cm³/mol. The summed E-state index contributed by atoms with van der Waals surface area (Å²) in [7, 11) is 0. The fourth-order valence-corrected chi connectivity index (χ4v) is 5.84. The molecule has 1 fully saturated rings. The maximum atomic E-state index is 13.3. The van der Waals surface area contributed by atoms with Gasteiger partial charge in [-0.1, -0.05) is 72.3 Å². The predicted octanol–water partition coefficient (Wildman–Crippen LogP) is 6.75. The van der Waals surface area contributed by atoms with E-state index in [4.69, 9.17) is 34.8 Å². The first-order valence-electron chi connectivity index (χ1n) is 11.2. The Bertz CT molecular complexity index is 946. The summed E-state index contributed by atoms with van der Waals surface area (Å²) < 4.78 is 0. The Morgan fingerprint density at radius 1 is 1.06 bits per heavy atom. The van der Waals surface area contributed by atoms with Gasteiger partial charge in [-0.25, -0.2) is 0 Å². The van der Waals surface area contributed by atoms with Gasteiger partial charge in [-0.3, -0.25) is 9.59 Å². The van der Waals surface area contributed by atoms with Crippen LogP contribution in [0, 0.1) is 0 Å². The van der Waals surface area contributed by atoms with Gasteiger partial charge in [0, 0.05) is 33.4 Å². The molecule has 1 aliphatic rings. The lowest BCUT2D eigenvalue weighted by molar-refractivity contribution is -0.139. The maximum absolute atomic E-state index is 13.3. The summed E-state index contributed by atoms with van der Waals surface area (Å²) in [6.07, 6.45) is 5.47. The third kappa shape index (κ3) is 7.81. The molecule has 0 saturated heterocycles. The first-order valence-corrected chi connectivity index (χ1v) is 13.5. The smallest absolute Gasteiger partial charge is 0.242 e. The highest BCUT2D eigenvalue weighted by Gasteiger charge is 2.28. The largest absolute Gasteiger partial charge is 0.352 e. The van der Waals surface area contributed by atoms with Crippen LogP contribution in [-0.2, 0) is 21.9 Å². The molecule has 0 aliphatic heterocycles. The van der Waals surface area contributed by atoms with Gasteiger partial charge in [-0.05, 0) is 55.2 Å². The highest BCUT2D eigenvalue weighted by molar-refractivity contribution is 7.99. The number of hydrogen-bond donors (Lipinski definition) is 1. The van der Waals surface area contributed by atoms with Crippen molar-refractivity contribution in [2.45, 2.75) is 63.4 Å². The SMILES string of the molecule is C[C@@H](C(=O)NC1CCCCC1)N(Cc1cccc(Cl)c1)C(=O)CSCc1c(Cl)cccc1Cl. The lowest BCUT2D eigenvalue weighted by Crippen LogP contribution is -2.50. The topological polar surface area (TPSA) is 49.4 Å². The Morgan fingerprint density at radius 2 is 1.73 bits per heavy atom. The fraction of sp³-hybridized carbons (Fsp3) is 0.440. The summed E-state index contributed by atoms with van der Waals surface area (Å²) in [6.45, 7) is 2.10. The third-order valence-electron chi connectivity index (χ3n) is 5.89. The second-order valence-electron chi connectivity index (χ2n) is 8.36. The van der Waals surface area contributed by atoms with Crippen molar-refractivity contribution in [3.63, 3.8) is 0 Å². The number of nitrogens with zero attached hydrogens (tertiary/aromatic N) is 1. The van der Waals surface area contributed by atoms with Gasteiger partial charge in [0.25, 0.3) is 0 Å². The van der Waals surface area contributed by atoms with Crippen molar-refractivity contribution in [1.29, 1.82) is 0 Å². The van der Waals surface area contributed by atoms with Crippen LogP contribution in [0.4, 0.5) is 0 Å². The molecule has 1 saturated carbocycles. The van der Waals surface area contributed by atoms with Gasteiger partial charge in [0.2, 0.25) is 11.8 Å². The minimum absolute atomic E-state index is 0.114. The van der Waals surface area contributed by atoms with Crippen LogP contribution in [0.25, 0.3) is 0 Å². The van der Waals surface area contributed by atoms with Crippen LogP contribution < -0.4 is 5.32 Å². The Hall–Kier alpha value is -1.40. The number of nitrogens with one attached hydrogen (secondary N) is 1. The molecule has 0 unspecified atom stereocenters. The van der Waals surface area contributed by atoms with Crippen LogP contribution in [0.3, 0.4) is 0 Å². The summed E-state index contributed by atoms with van der Waals surface area (Å²) in [5.74, 6) is 0.493. The number of thioether (sulfide) groups is 1. The first kappa shape index (κ1) is 26.2. The molecule has 2 amide bonds. The van der Waals surface area contributed by atoms with Crippen molar-refractivity contribution in [3.8, 4) is 0 Å². The van der Waals surface area contributed by atoms with Gasteiger partial charge in [0.15, 0.2) is 0 Å². The van der Waals surface area contributed by atoms with Gasteiger partial charge in [0.1, 0.15) is 6.04 Å². The summed E-state index contributed by atoms with van der Waals surface area (Å²) in [5, 5.41) is 4.91. The highest BCUT2D eigenvalue weighted by Crippen LogP contribution is 2.28. The van der Waals surface area contributed by atoms with E-state index in [0.29, 0.717) is 27.4 Å². The zero-order valence-corrected chi connectivity index (χ0v) is 21.7. The average molecular weight is 528 g/mol. The van der Waals surface area contributed by atoms with Crippen molar-refractivity contribution < 1.29 is 9.59 Å². The van der Waals surface area contributed by atoms with E-state index in [1.165, 1.54) is 18.2 Å². The van der Waals surface area contributed by atoms with Gasteiger partial charge in [0.05, 0.1) is 5.75 Å². The molecular formula is C25H29Cl3N2O2S. The molecule has 2 aromatic carbocycles. The van der Waals surface area contributed by atoms with Crippen LogP contribution in [-0.4, -0.2) is 34.6 Å². The van der Waals surface area contributed by atoms with E-state index in [1.54, 1.807) is 36.1 Å². The Kier molecular flexibility index (Phi) is 10.2. The monoisotopic (exact) mass is 526 g/mol. The minimum atomic E-state index is -0.595. The van der Waals surface area contributed by atoms with E-state index in [0.717, 1.165) is 36.8 Å². The number of hydrogen-bond acceptors (Lipinski definition) is 3. The zero-order valence-electron chi connectivity index (χ0n) is 18.7. The van der Waals surface area contributed by atoms with E-state index in [2.05, 4.69) is 5.32 Å². The van der Waals surface area contributed by atoms with Crippen LogP contribution in [0.2, 0.25) is 15.1 Å². The van der Waals surface area contributed by atoms with E-state index < -0.39 is 6.04 Å². The van der Waals surface area contributed by atoms with Gasteiger partial charge in [-0.2, -0.15) is 0 Å². The standard InChI is InChI=1S/C25H29Cl3N2O2S/c1-17(25(32)29-20-9-3-2-4-10-20)30(14-18-7-5-8-19(26)13-18)24(31)16-33-15-21-22(27)11-6-12-23(21)28/h5-8,11-13,17,20H,2-4,9-10,14-16H2,1H3,(H,29,32)/t17-/m0/s1. The number of amides is 2. The number of halogens is 3. The van der Waals surface area contributed by atoms with Crippen molar-refractivity contribution in [1.82, 2.24) is 10.2 Å².